The average Bonchev–Trinajstić information content (AvgIpc) is 3.03. The first-order valence-corrected chi connectivity index (χ1v) is 7.22. The number of anilines is 1. The normalized spacial score (nSPS) is 17.7. The van der Waals surface area contributed by atoms with Crippen molar-refractivity contribution in [2.45, 2.75) is 18.9 Å². The van der Waals surface area contributed by atoms with Gasteiger partial charge in [-0.1, -0.05) is 6.07 Å². The molecule has 4 nitrogen and oxygen atoms in total. The molecule has 1 saturated heterocycles. The molecule has 21 heavy (non-hydrogen) atoms. The van der Waals surface area contributed by atoms with E-state index in [0.29, 0.717) is 18.2 Å². The van der Waals surface area contributed by atoms with Crippen LogP contribution in [0.25, 0.3) is 0 Å². The molecule has 1 aromatic carbocycles. The minimum atomic E-state index is 0.352. The fourth-order valence-electron chi connectivity index (χ4n) is 2.67. The van der Waals surface area contributed by atoms with Gasteiger partial charge in [0.05, 0.1) is 6.04 Å². The van der Waals surface area contributed by atoms with Crippen LogP contribution >= 0.6 is 0 Å². The van der Waals surface area contributed by atoms with Gasteiger partial charge in [-0.05, 0) is 49.2 Å². The van der Waals surface area contributed by atoms with Crippen LogP contribution < -0.4 is 9.64 Å². The first-order valence-electron chi connectivity index (χ1n) is 7.22. The van der Waals surface area contributed by atoms with Crippen LogP contribution in [0.15, 0.2) is 48.7 Å². The fourth-order valence-corrected chi connectivity index (χ4v) is 2.67. The molecule has 1 aliphatic rings. The first-order chi connectivity index (χ1) is 10.4. The first kappa shape index (κ1) is 13.6. The highest BCUT2D eigenvalue weighted by Crippen LogP contribution is 2.24. The van der Waals surface area contributed by atoms with E-state index in [4.69, 9.17) is 4.74 Å². The number of hydrogen-bond acceptors (Lipinski definition) is 4. The lowest BCUT2D eigenvalue weighted by molar-refractivity contribution is 0.112. The molecule has 108 valence electrons. The number of carbonyl (C=O) groups is 1. The highest BCUT2D eigenvalue weighted by molar-refractivity contribution is 5.74. The van der Waals surface area contributed by atoms with E-state index in [9.17, 15) is 4.79 Å². The smallest absolute Gasteiger partial charge is 0.150 e. The Hall–Kier alpha value is -2.36. The maximum Gasteiger partial charge on any atom is 0.150 e. The summed E-state index contributed by atoms with van der Waals surface area (Å²) >= 11 is 0. The van der Waals surface area contributed by atoms with Crippen LogP contribution in [0.5, 0.6) is 5.75 Å². The zero-order valence-electron chi connectivity index (χ0n) is 11.8. The number of nitrogens with zero attached hydrogens (tertiary/aromatic N) is 2. The van der Waals surface area contributed by atoms with Crippen LogP contribution in [-0.2, 0) is 0 Å². The maximum atomic E-state index is 10.6. The summed E-state index contributed by atoms with van der Waals surface area (Å²) in [6, 6.07) is 13.5. The van der Waals surface area contributed by atoms with Gasteiger partial charge < -0.3 is 9.64 Å². The second kappa shape index (κ2) is 6.39. The maximum absolute atomic E-state index is 10.6. The second-order valence-corrected chi connectivity index (χ2v) is 5.18. The van der Waals surface area contributed by atoms with E-state index in [1.165, 1.54) is 0 Å². The van der Waals surface area contributed by atoms with Crippen LogP contribution in [0.1, 0.15) is 23.2 Å². The molecule has 0 aliphatic carbocycles. The SMILES string of the molecule is O=Cc1ccc(OC[C@@H]2CCCN2c2ccccn2)cc1. The van der Waals surface area contributed by atoms with Gasteiger partial charge >= 0.3 is 0 Å². The highest BCUT2D eigenvalue weighted by atomic mass is 16.5. The van der Waals surface area contributed by atoms with Crippen molar-refractivity contribution in [2.75, 3.05) is 18.1 Å². The molecule has 0 amide bonds. The molecule has 2 heterocycles. The van der Waals surface area contributed by atoms with Crippen molar-refractivity contribution in [3.8, 4) is 5.75 Å². The number of benzene rings is 1. The Kier molecular flexibility index (Phi) is 4.15. The minimum Gasteiger partial charge on any atom is -0.491 e. The summed E-state index contributed by atoms with van der Waals surface area (Å²) in [6.45, 7) is 1.66. The molecule has 1 aliphatic heterocycles. The Balaban J connectivity index is 1.62. The monoisotopic (exact) mass is 282 g/mol. The molecule has 0 spiro atoms. The van der Waals surface area contributed by atoms with Gasteiger partial charge in [0, 0.05) is 18.3 Å². The number of ether oxygens (including phenoxy) is 1. The molecular formula is C17H18N2O2. The summed E-state index contributed by atoms with van der Waals surface area (Å²) in [7, 11) is 0. The third kappa shape index (κ3) is 3.21. The number of pyridine rings is 1. The van der Waals surface area contributed by atoms with E-state index in [0.717, 1.165) is 37.2 Å². The van der Waals surface area contributed by atoms with Gasteiger partial charge in [-0.2, -0.15) is 0 Å². The zero-order chi connectivity index (χ0) is 14.5. The molecule has 0 saturated carbocycles. The van der Waals surface area contributed by atoms with E-state index in [1.54, 1.807) is 12.1 Å². The summed E-state index contributed by atoms with van der Waals surface area (Å²) in [5.74, 6) is 1.81. The van der Waals surface area contributed by atoms with Gasteiger partial charge in [-0.25, -0.2) is 4.98 Å². The molecule has 1 atom stereocenters. The standard InChI is InChI=1S/C17H18N2O2/c20-12-14-6-8-16(9-7-14)21-13-15-4-3-11-19(15)17-5-1-2-10-18-17/h1-2,5-10,12,15H,3-4,11,13H2/t15-/m0/s1. The van der Waals surface area contributed by atoms with Crippen LogP contribution in [0.3, 0.4) is 0 Å². The van der Waals surface area contributed by atoms with E-state index in [2.05, 4.69) is 9.88 Å². The molecule has 0 unspecified atom stereocenters. The van der Waals surface area contributed by atoms with E-state index >= 15 is 0 Å². The third-order valence-electron chi connectivity index (χ3n) is 3.78. The summed E-state index contributed by atoms with van der Waals surface area (Å²) in [5.41, 5.74) is 0.665. The van der Waals surface area contributed by atoms with Crippen molar-refractivity contribution < 1.29 is 9.53 Å². The van der Waals surface area contributed by atoms with Crippen LogP contribution in [0.2, 0.25) is 0 Å². The number of hydrogen-bond donors (Lipinski definition) is 0. The Bertz CT molecular complexity index is 583. The van der Waals surface area contributed by atoms with Crippen molar-refractivity contribution in [3.63, 3.8) is 0 Å². The van der Waals surface area contributed by atoms with Gasteiger partial charge in [-0.15, -0.1) is 0 Å². The molecule has 0 bridgehead atoms. The number of aromatic nitrogens is 1. The predicted molar refractivity (Wildman–Crippen MR) is 81.9 cm³/mol. The Morgan fingerprint density at radius 3 is 2.81 bits per heavy atom. The predicted octanol–water partition coefficient (Wildman–Crippen LogP) is 2.94. The van der Waals surface area contributed by atoms with Gasteiger partial charge in [0.1, 0.15) is 24.5 Å². The van der Waals surface area contributed by atoms with Crippen molar-refractivity contribution in [1.82, 2.24) is 4.98 Å². The molecule has 1 aromatic heterocycles. The molecule has 2 aromatic rings. The van der Waals surface area contributed by atoms with Crippen LogP contribution in [0, 0.1) is 0 Å². The molecule has 0 N–H and O–H groups in total. The van der Waals surface area contributed by atoms with Gasteiger partial charge in [0.2, 0.25) is 0 Å². The fraction of sp³-hybridized carbons (Fsp3) is 0.294. The summed E-state index contributed by atoms with van der Waals surface area (Å²) in [4.78, 5) is 17.4. The molecule has 3 rings (SSSR count). The van der Waals surface area contributed by atoms with E-state index in [-0.39, 0.29) is 0 Å². The van der Waals surface area contributed by atoms with Gasteiger partial charge in [-0.3, -0.25) is 4.79 Å². The lowest BCUT2D eigenvalue weighted by Gasteiger charge is -2.25. The third-order valence-corrected chi connectivity index (χ3v) is 3.78. The zero-order valence-corrected chi connectivity index (χ0v) is 11.8. The van der Waals surface area contributed by atoms with Crippen molar-refractivity contribution >= 4 is 12.1 Å². The lowest BCUT2D eigenvalue weighted by Crippen LogP contribution is -2.34. The summed E-state index contributed by atoms with van der Waals surface area (Å²) in [6.07, 6.45) is 4.94. The highest BCUT2D eigenvalue weighted by Gasteiger charge is 2.25. The molecule has 1 fully saturated rings. The van der Waals surface area contributed by atoms with Crippen molar-refractivity contribution in [3.05, 3.63) is 54.2 Å². The topological polar surface area (TPSA) is 42.4 Å². The Morgan fingerprint density at radius 2 is 2.10 bits per heavy atom. The van der Waals surface area contributed by atoms with Crippen LogP contribution in [-0.4, -0.2) is 30.5 Å². The molecule has 4 heteroatoms. The van der Waals surface area contributed by atoms with Crippen LogP contribution in [0.4, 0.5) is 5.82 Å². The number of carbonyl (C=O) groups excluding carboxylic acids is 1. The number of rotatable bonds is 5. The minimum absolute atomic E-state index is 0.352. The Labute approximate surface area is 124 Å². The van der Waals surface area contributed by atoms with Gasteiger partial charge in [0.15, 0.2) is 0 Å². The van der Waals surface area contributed by atoms with Gasteiger partial charge in [0.25, 0.3) is 0 Å². The Morgan fingerprint density at radius 1 is 1.24 bits per heavy atom. The quantitative estimate of drug-likeness (QED) is 0.791. The average molecular weight is 282 g/mol. The van der Waals surface area contributed by atoms with Crippen molar-refractivity contribution in [1.29, 1.82) is 0 Å². The largest absolute Gasteiger partial charge is 0.491 e. The number of aldehydes is 1. The van der Waals surface area contributed by atoms with E-state index in [1.807, 2.05) is 36.5 Å². The van der Waals surface area contributed by atoms with E-state index < -0.39 is 0 Å². The van der Waals surface area contributed by atoms with Crippen molar-refractivity contribution in [2.24, 2.45) is 0 Å². The molecular weight excluding hydrogens is 264 g/mol. The molecule has 0 radical (unpaired) electrons. The summed E-state index contributed by atoms with van der Waals surface area (Å²) < 4.78 is 5.86. The summed E-state index contributed by atoms with van der Waals surface area (Å²) in [5, 5.41) is 0. The second-order valence-electron chi connectivity index (χ2n) is 5.18. The lowest BCUT2D eigenvalue weighted by atomic mass is 10.2.